The number of H-pyrrole nitrogens is 1. The summed E-state index contributed by atoms with van der Waals surface area (Å²) in [4.78, 5) is 35.2. The van der Waals surface area contributed by atoms with Crippen molar-refractivity contribution in [3.63, 3.8) is 0 Å². The summed E-state index contributed by atoms with van der Waals surface area (Å²) in [5.74, 6) is -0.136. The standard InChI is InChI=1S/C39H52N4O3/c1-5-43(32-17-21-46-22-18-32)37-24-31(30-15-13-29(14-16-30)28(4)42-19-9-6-10-20-42)23-35(26(37)2)38(44)40-25-36-34-12-8-7-11-33(34)27(3)41-39(36)45/h13-16,23-24,28,32H,5-12,17-22,25H2,1-4H3,(H,40,44)(H,41,45)/t28-/m0/s1. The molecule has 2 saturated heterocycles. The molecule has 3 aromatic rings. The van der Waals surface area contributed by atoms with Crippen LogP contribution in [0.3, 0.4) is 0 Å². The number of hydrogen-bond donors (Lipinski definition) is 2. The molecule has 0 bridgehead atoms. The Morgan fingerprint density at radius 3 is 2.37 bits per heavy atom. The summed E-state index contributed by atoms with van der Waals surface area (Å²) in [5, 5.41) is 3.17. The number of ether oxygens (including phenoxy) is 1. The second-order valence-corrected chi connectivity index (χ2v) is 13.6. The van der Waals surface area contributed by atoms with E-state index in [-0.39, 0.29) is 18.0 Å². The molecule has 1 aliphatic carbocycles. The number of benzene rings is 2. The topological polar surface area (TPSA) is 77.7 Å². The Morgan fingerprint density at radius 1 is 0.978 bits per heavy atom. The molecule has 0 unspecified atom stereocenters. The first kappa shape index (κ1) is 32.5. The molecule has 2 aliphatic heterocycles. The lowest BCUT2D eigenvalue weighted by molar-refractivity contribution is 0.0846. The molecule has 7 nitrogen and oxygen atoms in total. The first-order chi connectivity index (χ1) is 22.4. The molecule has 1 aromatic heterocycles. The Morgan fingerprint density at radius 2 is 1.67 bits per heavy atom. The van der Waals surface area contributed by atoms with E-state index < -0.39 is 0 Å². The minimum Gasteiger partial charge on any atom is -0.381 e. The van der Waals surface area contributed by atoms with E-state index in [0.717, 1.165) is 91.9 Å². The second kappa shape index (κ2) is 14.6. The highest BCUT2D eigenvalue weighted by atomic mass is 16.5. The summed E-state index contributed by atoms with van der Waals surface area (Å²) in [6, 6.07) is 14.0. The predicted molar refractivity (Wildman–Crippen MR) is 187 cm³/mol. The van der Waals surface area contributed by atoms with Gasteiger partial charge in [0.25, 0.3) is 11.5 Å². The van der Waals surface area contributed by atoms with E-state index in [1.165, 1.54) is 43.5 Å². The Hall–Kier alpha value is -3.42. The molecule has 3 heterocycles. The molecular weight excluding hydrogens is 572 g/mol. The number of amides is 1. The second-order valence-electron chi connectivity index (χ2n) is 13.6. The van der Waals surface area contributed by atoms with Gasteiger partial charge in [0.05, 0.1) is 0 Å². The average molecular weight is 625 g/mol. The number of aromatic amines is 1. The van der Waals surface area contributed by atoms with Crippen LogP contribution >= 0.6 is 0 Å². The van der Waals surface area contributed by atoms with Gasteiger partial charge in [-0.25, -0.2) is 0 Å². The van der Waals surface area contributed by atoms with Crippen LogP contribution in [0.15, 0.2) is 41.2 Å². The van der Waals surface area contributed by atoms with Crippen molar-refractivity contribution in [2.24, 2.45) is 0 Å². The molecule has 0 spiro atoms. The molecule has 7 heteroatoms. The Bertz CT molecular complexity index is 1580. The van der Waals surface area contributed by atoms with E-state index in [1.807, 2.05) is 13.0 Å². The van der Waals surface area contributed by atoms with E-state index in [1.54, 1.807) is 0 Å². The van der Waals surface area contributed by atoms with Crippen LogP contribution in [0.2, 0.25) is 0 Å². The van der Waals surface area contributed by atoms with Crippen molar-refractivity contribution in [1.82, 2.24) is 15.2 Å². The lowest BCUT2D eigenvalue weighted by atomic mass is 9.88. The number of fused-ring (bicyclic) bond motifs is 1. The molecule has 1 atom stereocenters. The number of carbonyl (C=O) groups excluding carboxylic acids is 1. The van der Waals surface area contributed by atoms with E-state index in [4.69, 9.17) is 4.74 Å². The van der Waals surface area contributed by atoms with Gasteiger partial charge in [-0.1, -0.05) is 30.7 Å². The minimum atomic E-state index is -0.136. The zero-order valence-corrected chi connectivity index (χ0v) is 28.3. The number of carbonyl (C=O) groups is 1. The number of aromatic nitrogens is 1. The number of rotatable bonds is 9. The molecule has 1 amide bonds. The van der Waals surface area contributed by atoms with Gasteiger partial charge in [0.1, 0.15) is 0 Å². The van der Waals surface area contributed by atoms with Gasteiger partial charge in [-0.3, -0.25) is 14.5 Å². The quantitative estimate of drug-likeness (QED) is 0.268. The van der Waals surface area contributed by atoms with E-state index in [9.17, 15) is 9.59 Å². The lowest BCUT2D eigenvalue weighted by Crippen LogP contribution is -2.40. The lowest BCUT2D eigenvalue weighted by Gasteiger charge is -2.37. The molecule has 0 saturated carbocycles. The monoisotopic (exact) mass is 624 g/mol. The van der Waals surface area contributed by atoms with Crippen molar-refractivity contribution in [2.45, 2.75) is 104 Å². The summed E-state index contributed by atoms with van der Waals surface area (Å²) in [6.45, 7) is 13.5. The molecule has 2 fully saturated rings. The summed E-state index contributed by atoms with van der Waals surface area (Å²) in [5.41, 5.74) is 10.2. The number of nitrogens with zero attached hydrogens (tertiary/aromatic N) is 2. The van der Waals surface area contributed by atoms with E-state index in [2.05, 4.69) is 71.2 Å². The zero-order chi connectivity index (χ0) is 32.2. The average Bonchev–Trinajstić information content (AvgIpc) is 3.09. The van der Waals surface area contributed by atoms with Gasteiger partial charge in [0.15, 0.2) is 0 Å². The molecule has 2 aromatic carbocycles. The van der Waals surface area contributed by atoms with Crippen LogP contribution in [-0.4, -0.2) is 54.7 Å². The van der Waals surface area contributed by atoms with Crippen LogP contribution in [0, 0.1) is 13.8 Å². The highest BCUT2D eigenvalue weighted by Crippen LogP contribution is 2.35. The number of nitrogens with one attached hydrogen (secondary N) is 2. The van der Waals surface area contributed by atoms with Crippen molar-refractivity contribution in [1.29, 1.82) is 0 Å². The van der Waals surface area contributed by atoms with Crippen LogP contribution in [-0.2, 0) is 24.1 Å². The summed E-state index contributed by atoms with van der Waals surface area (Å²) in [7, 11) is 0. The molecule has 3 aliphatic rings. The fourth-order valence-electron chi connectivity index (χ4n) is 8.05. The number of piperidine rings is 1. The smallest absolute Gasteiger partial charge is 0.253 e. The first-order valence-corrected chi connectivity index (χ1v) is 17.7. The minimum absolute atomic E-state index is 0.0832. The maximum absolute atomic E-state index is 14.1. The zero-order valence-electron chi connectivity index (χ0n) is 28.3. The van der Waals surface area contributed by atoms with Crippen molar-refractivity contribution in [3.05, 3.63) is 85.8 Å². The molecule has 2 N–H and O–H groups in total. The van der Waals surface area contributed by atoms with Gasteiger partial charge in [-0.05, 0) is 138 Å². The third kappa shape index (κ3) is 6.82. The van der Waals surface area contributed by atoms with E-state index in [0.29, 0.717) is 23.2 Å². The molecule has 246 valence electrons. The van der Waals surface area contributed by atoms with Crippen LogP contribution < -0.4 is 15.8 Å². The van der Waals surface area contributed by atoms with Gasteiger partial charge < -0.3 is 19.9 Å². The summed E-state index contributed by atoms with van der Waals surface area (Å²) in [6.07, 6.45) is 9.94. The van der Waals surface area contributed by atoms with Crippen molar-refractivity contribution < 1.29 is 9.53 Å². The first-order valence-electron chi connectivity index (χ1n) is 17.7. The number of anilines is 1. The largest absolute Gasteiger partial charge is 0.381 e. The van der Waals surface area contributed by atoms with E-state index >= 15 is 0 Å². The van der Waals surface area contributed by atoms with Gasteiger partial charge in [0, 0.05) is 60.9 Å². The summed E-state index contributed by atoms with van der Waals surface area (Å²) >= 11 is 0. The highest BCUT2D eigenvalue weighted by Gasteiger charge is 2.26. The summed E-state index contributed by atoms with van der Waals surface area (Å²) < 4.78 is 5.70. The van der Waals surface area contributed by atoms with Crippen molar-refractivity contribution in [3.8, 4) is 11.1 Å². The van der Waals surface area contributed by atoms with Crippen LogP contribution in [0.25, 0.3) is 11.1 Å². The SMILES string of the molecule is CCN(c1cc(-c2ccc([C@H](C)N3CCCCC3)cc2)cc(C(=O)NCc2c3c(c(C)[nH]c2=O)CCCC3)c1C)C1CCOCC1. The normalized spacial score (nSPS) is 18.2. The third-order valence-electron chi connectivity index (χ3n) is 10.9. The van der Waals surface area contributed by atoms with Crippen LogP contribution in [0.1, 0.15) is 109 Å². The fourth-order valence-corrected chi connectivity index (χ4v) is 8.05. The van der Waals surface area contributed by atoms with Crippen molar-refractivity contribution >= 4 is 11.6 Å². The van der Waals surface area contributed by atoms with Crippen LogP contribution in [0.5, 0.6) is 0 Å². The molecular formula is C39H52N4O3. The number of aryl methyl sites for hydroxylation is 1. The Labute approximate surface area is 274 Å². The third-order valence-corrected chi connectivity index (χ3v) is 10.9. The molecule has 46 heavy (non-hydrogen) atoms. The molecule has 0 radical (unpaired) electrons. The predicted octanol–water partition coefficient (Wildman–Crippen LogP) is 7.02. The fraction of sp³-hybridized carbons (Fsp3) is 0.538. The highest BCUT2D eigenvalue weighted by molar-refractivity contribution is 5.99. The number of likely N-dealkylation sites (tertiary alicyclic amines) is 1. The van der Waals surface area contributed by atoms with Crippen molar-refractivity contribution in [2.75, 3.05) is 37.7 Å². The number of pyridine rings is 1. The molecule has 6 rings (SSSR count). The Balaban J connectivity index is 1.33. The Kier molecular flexibility index (Phi) is 10.3. The van der Waals surface area contributed by atoms with Gasteiger partial charge in [0.2, 0.25) is 0 Å². The van der Waals surface area contributed by atoms with Gasteiger partial charge in [-0.15, -0.1) is 0 Å². The maximum Gasteiger partial charge on any atom is 0.253 e. The maximum atomic E-state index is 14.1. The van der Waals surface area contributed by atoms with Gasteiger partial charge in [-0.2, -0.15) is 0 Å². The van der Waals surface area contributed by atoms with Crippen LogP contribution in [0.4, 0.5) is 5.69 Å². The van der Waals surface area contributed by atoms with Gasteiger partial charge >= 0.3 is 0 Å². The number of hydrogen-bond acceptors (Lipinski definition) is 5.